The summed E-state index contributed by atoms with van der Waals surface area (Å²) in [5, 5.41) is 10.7. The van der Waals surface area contributed by atoms with Crippen LogP contribution in [-0.4, -0.2) is 18.6 Å². The molecule has 0 amide bonds. The van der Waals surface area contributed by atoms with Gasteiger partial charge < -0.3 is 9.47 Å². The average Bonchev–Trinajstić information content (AvgIpc) is 2.34. The van der Waals surface area contributed by atoms with Crippen molar-refractivity contribution in [3.63, 3.8) is 0 Å². The number of ether oxygens (including phenoxy) is 2. The molecule has 5 heteroatoms. The van der Waals surface area contributed by atoms with Crippen LogP contribution in [0.4, 0.5) is 5.69 Å². The van der Waals surface area contributed by atoms with Crippen LogP contribution in [0.1, 0.15) is 25.3 Å². The summed E-state index contributed by atoms with van der Waals surface area (Å²) in [6.07, 6.45) is 2.10. The van der Waals surface area contributed by atoms with E-state index in [1.807, 2.05) is 0 Å². The Hall–Kier alpha value is -1.62. The van der Waals surface area contributed by atoms with Gasteiger partial charge in [0.2, 0.25) is 0 Å². The molecule has 0 bridgehead atoms. The van der Waals surface area contributed by atoms with E-state index in [2.05, 4.69) is 6.92 Å². The van der Waals surface area contributed by atoms with E-state index in [9.17, 15) is 10.1 Å². The van der Waals surface area contributed by atoms with Gasteiger partial charge in [0, 0.05) is 12.7 Å². The molecule has 0 atom stereocenters. The number of nitro benzene ring substituents is 1. The SMILES string of the molecule is CCCCOCc1ccc([N+](=O)[O-])c(OC)c1. The highest BCUT2D eigenvalue weighted by atomic mass is 16.6. The second-order valence-electron chi connectivity index (χ2n) is 3.67. The van der Waals surface area contributed by atoms with Crippen molar-refractivity contribution in [2.24, 2.45) is 0 Å². The Morgan fingerprint density at radius 1 is 1.41 bits per heavy atom. The predicted molar refractivity (Wildman–Crippen MR) is 64.2 cm³/mol. The maximum absolute atomic E-state index is 10.7. The highest BCUT2D eigenvalue weighted by Gasteiger charge is 2.14. The Morgan fingerprint density at radius 2 is 2.18 bits per heavy atom. The number of nitro groups is 1. The van der Waals surface area contributed by atoms with E-state index >= 15 is 0 Å². The van der Waals surface area contributed by atoms with Crippen molar-refractivity contribution >= 4 is 5.69 Å². The molecule has 5 nitrogen and oxygen atoms in total. The minimum atomic E-state index is -0.458. The fourth-order valence-electron chi connectivity index (χ4n) is 1.40. The molecule has 1 aromatic carbocycles. The zero-order chi connectivity index (χ0) is 12.7. The normalized spacial score (nSPS) is 10.2. The van der Waals surface area contributed by atoms with Gasteiger partial charge in [-0.05, 0) is 24.1 Å². The quantitative estimate of drug-likeness (QED) is 0.417. The first-order valence-electron chi connectivity index (χ1n) is 5.58. The lowest BCUT2D eigenvalue weighted by atomic mass is 10.2. The third-order valence-corrected chi connectivity index (χ3v) is 2.35. The van der Waals surface area contributed by atoms with Gasteiger partial charge in [-0.1, -0.05) is 13.3 Å². The van der Waals surface area contributed by atoms with E-state index in [1.165, 1.54) is 13.2 Å². The maximum atomic E-state index is 10.7. The van der Waals surface area contributed by atoms with Crippen molar-refractivity contribution in [1.82, 2.24) is 0 Å². The molecular weight excluding hydrogens is 222 g/mol. The molecule has 0 aliphatic heterocycles. The molecule has 0 aromatic heterocycles. The fourth-order valence-corrected chi connectivity index (χ4v) is 1.40. The van der Waals surface area contributed by atoms with Crippen molar-refractivity contribution in [1.29, 1.82) is 0 Å². The summed E-state index contributed by atoms with van der Waals surface area (Å²) >= 11 is 0. The molecule has 0 N–H and O–H groups in total. The molecule has 1 aromatic rings. The summed E-state index contributed by atoms with van der Waals surface area (Å²) in [7, 11) is 1.42. The third-order valence-electron chi connectivity index (χ3n) is 2.35. The van der Waals surface area contributed by atoms with Gasteiger partial charge in [-0.2, -0.15) is 0 Å². The number of rotatable bonds is 7. The Bertz CT molecular complexity index is 379. The van der Waals surface area contributed by atoms with Crippen LogP contribution in [0.25, 0.3) is 0 Å². The first kappa shape index (κ1) is 13.4. The van der Waals surface area contributed by atoms with Gasteiger partial charge in [0.25, 0.3) is 0 Å². The first-order chi connectivity index (χ1) is 8.19. The number of unbranched alkanes of at least 4 members (excludes halogenated alkanes) is 1. The fraction of sp³-hybridized carbons (Fsp3) is 0.500. The average molecular weight is 239 g/mol. The highest BCUT2D eigenvalue weighted by molar-refractivity contribution is 5.48. The highest BCUT2D eigenvalue weighted by Crippen LogP contribution is 2.27. The molecule has 0 saturated carbocycles. The number of benzene rings is 1. The van der Waals surface area contributed by atoms with Crippen LogP contribution >= 0.6 is 0 Å². The summed E-state index contributed by atoms with van der Waals surface area (Å²) < 4.78 is 10.4. The van der Waals surface area contributed by atoms with E-state index in [0.29, 0.717) is 13.2 Å². The Kier molecular flexibility index (Phi) is 5.42. The molecule has 0 radical (unpaired) electrons. The zero-order valence-corrected chi connectivity index (χ0v) is 10.1. The van der Waals surface area contributed by atoms with Gasteiger partial charge in [0.1, 0.15) is 0 Å². The number of hydrogen-bond donors (Lipinski definition) is 0. The number of hydrogen-bond acceptors (Lipinski definition) is 4. The van der Waals surface area contributed by atoms with Crippen LogP contribution in [-0.2, 0) is 11.3 Å². The number of nitrogens with zero attached hydrogens (tertiary/aromatic N) is 1. The van der Waals surface area contributed by atoms with Crippen molar-refractivity contribution in [3.05, 3.63) is 33.9 Å². The lowest BCUT2D eigenvalue weighted by Crippen LogP contribution is -1.98. The van der Waals surface area contributed by atoms with Crippen molar-refractivity contribution < 1.29 is 14.4 Å². The zero-order valence-electron chi connectivity index (χ0n) is 10.1. The summed E-state index contributed by atoms with van der Waals surface area (Å²) in [5.41, 5.74) is 0.855. The molecule has 0 aliphatic carbocycles. The summed E-state index contributed by atoms with van der Waals surface area (Å²) in [6, 6.07) is 4.77. The van der Waals surface area contributed by atoms with Crippen molar-refractivity contribution in [3.8, 4) is 5.75 Å². The van der Waals surface area contributed by atoms with Crippen molar-refractivity contribution in [2.75, 3.05) is 13.7 Å². The molecule has 0 heterocycles. The predicted octanol–water partition coefficient (Wildman–Crippen LogP) is 2.92. The molecule has 0 fully saturated rings. The van der Waals surface area contributed by atoms with Crippen LogP contribution in [0.2, 0.25) is 0 Å². The first-order valence-corrected chi connectivity index (χ1v) is 5.58. The topological polar surface area (TPSA) is 61.6 Å². The van der Waals surface area contributed by atoms with Crippen LogP contribution in [0.5, 0.6) is 5.75 Å². The van der Waals surface area contributed by atoms with Crippen LogP contribution in [0.3, 0.4) is 0 Å². The van der Waals surface area contributed by atoms with Gasteiger partial charge in [-0.15, -0.1) is 0 Å². The van der Waals surface area contributed by atoms with Gasteiger partial charge in [0.15, 0.2) is 5.75 Å². The van der Waals surface area contributed by atoms with Crippen LogP contribution < -0.4 is 4.74 Å². The van der Waals surface area contributed by atoms with Gasteiger partial charge >= 0.3 is 5.69 Å². The van der Waals surface area contributed by atoms with Crippen molar-refractivity contribution in [2.45, 2.75) is 26.4 Å². The summed E-state index contributed by atoms with van der Waals surface area (Å²) in [5.74, 6) is 0.270. The standard InChI is InChI=1S/C12H17NO4/c1-3-4-7-17-9-10-5-6-11(13(14)15)12(8-10)16-2/h5-6,8H,3-4,7,9H2,1-2H3. The van der Waals surface area contributed by atoms with Gasteiger partial charge in [0.05, 0.1) is 18.6 Å². The van der Waals surface area contributed by atoms with E-state index < -0.39 is 4.92 Å². The van der Waals surface area contributed by atoms with Crippen LogP contribution in [0, 0.1) is 10.1 Å². The molecule has 94 valence electrons. The van der Waals surface area contributed by atoms with Gasteiger partial charge in [-0.3, -0.25) is 10.1 Å². The lowest BCUT2D eigenvalue weighted by Gasteiger charge is -2.06. The van der Waals surface area contributed by atoms with Crippen LogP contribution in [0.15, 0.2) is 18.2 Å². The largest absolute Gasteiger partial charge is 0.490 e. The lowest BCUT2D eigenvalue weighted by molar-refractivity contribution is -0.385. The Balaban J connectivity index is 2.66. The maximum Gasteiger partial charge on any atom is 0.310 e. The minimum absolute atomic E-state index is 0.0233. The molecule has 0 aliphatic rings. The molecule has 17 heavy (non-hydrogen) atoms. The molecule has 0 saturated heterocycles. The molecule has 0 unspecified atom stereocenters. The minimum Gasteiger partial charge on any atom is -0.490 e. The van der Waals surface area contributed by atoms with Gasteiger partial charge in [-0.25, -0.2) is 0 Å². The smallest absolute Gasteiger partial charge is 0.310 e. The summed E-state index contributed by atoms with van der Waals surface area (Å²) in [6.45, 7) is 3.25. The molecule has 0 spiro atoms. The third kappa shape index (κ3) is 4.03. The molecule has 1 rings (SSSR count). The Labute approximate surface area is 101 Å². The second-order valence-corrected chi connectivity index (χ2v) is 3.67. The second kappa shape index (κ2) is 6.85. The molecular formula is C12H17NO4. The number of methoxy groups -OCH3 is 1. The van der Waals surface area contributed by atoms with E-state index in [0.717, 1.165) is 18.4 Å². The van der Waals surface area contributed by atoms with E-state index in [4.69, 9.17) is 9.47 Å². The Morgan fingerprint density at radius 3 is 2.76 bits per heavy atom. The van der Waals surface area contributed by atoms with E-state index in [-0.39, 0.29) is 11.4 Å². The monoisotopic (exact) mass is 239 g/mol. The summed E-state index contributed by atoms with van der Waals surface area (Å²) in [4.78, 5) is 10.2. The van der Waals surface area contributed by atoms with E-state index in [1.54, 1.807) is 12.1 Å².